The highest BCUT2D eigenvalue weighted by Gasteiger charge is 2.32. The molecule has 3 rings (SSSR count). The van der Waals surface area contributed by atoms with Gasteiger partial charge in [-0.1, -0.05) is 42.5 Å². The minimum Gasteiger partial charge on any atom is -0.0619 e. The van der Waals surface area contributed by atoms with Crippen LogP contribution in [-0.4, -0.2) is 0 Å². The maximum Gasteiger partial charge on any atom is 0.179 e. The lowest BCUT2D eigenvalue weighted by atomic mass is 10.4. The largest absolute Gasteiger partial charge is 0.179 e. The molecule has 21 heavy (non-hydrogen) atoms. The van der Waals surface area contributed by atoms with Crippen LogP contribution in [0.3, 0.4) is 0 Å². The minimum atomic E-state index is -0.0528. The van der Waals surface area contributed by atoms with E-state index >= 15 is 0 Å². The molecule has 0 atom stereocenters. The fraction of sp³-hybridized carbons (Fsp3) is 0. The van der Waals surface area contributed by atoms with E-state index in [0.717, 1.165) is 0 Å². The number of benzene rings is 3. The molecule has 0 aromatic heterocycles. The Bertz CT molecular complexity index is 695. The van der Waals surface area contributed by atoms with Gasteiger partial charge in [0.1, 0.15) is 10.9 Å². The first-order valence-electron chi connectivity index (χ1n) is 6.56. The van der Waals surface area contributed by atoms with Crippen LogP contribution in [0.15, 0.2) is 93.5 Å². The standard InChI is InChI=1S/C18H13I2S/c19-15-10-4-6-12-17(15)21(14-8-2-1-3-9-14)18-13-7-5-11-16(18)20/h1-13H/q+1. The molecule has 3 aromatic rings. The fourth-order valence-electron chi connectivity index (χ4n) is 2.15. The molecular weight excluding hydrogens is 502 g/mol. The van der Waals surface area contributed by atoms with Gasteiger partial charge in [-0.2, -0.15) is 0 Å². The average Bonchev–Trinajstić information content (AvgIpc) is 2.52. The van der Waals surface area contributed by atoms with Crippen molar-refractivity contribution < 1.29 is 0 Å². The summed E-state index contributed by atoms with van der Waals surface area (Å²) in [4.78, 5) is 4.16. The van der Waals surface area contributed by atoms with E-state index in [4.69, 9.17) is 0 Å². The molecule has 0 N–H and O–H groups in total. The Balaban J connectivity index is 2.22. The summed E-state index contributed by atoms with van der Waals surface area (Å²) in [6, 6.07) is 28.2. The van der Waals surface area contributed by atoms with Crippen LogP contribution in [0.5, 0.6) is 0 Å². The molecule has 3 aromatic carbocycles. The third-order valence-electron chi connectivity index (χ3n) is 3.09. The Morgan fingerprint density at radius 3 is 1.43 bits per heavy atom. The topological polar surface area (TPSA) is 0 Å². The summed E-state index contributed by atoms with van der Waals surface area (Å²) in [5.41, 5.74) is 0. The van der Waals surface area contributed by atoms with Gasteiger partial charge in [0.2, 0.25) is 0 Å². The van der Waals surface area contributed by atoms with Gasteiger partial charge in [-0.05, 0) is 81.6 Å². The zero-order valence-corrected chi connectivity index (χ0v) is 16.3. The molecule has 3 heteroatoms. The Morgan fingerprint density at radius 2 is 0.952 bits per heavy atom. The van der Waals surface area contributed by atoms with E-state index < -0.39 is 0 Å². The monoisotopic (exact) mass is 515 g/mol. The molecule has 104 valence electrons. The second kappa shape index (κ2) is 7.15. The number of halogens is 2. The lowest BCUT2D eigenvalue weighted by Gasteiger charge is -2.10. The Labute approximate surface area is 155 Å². The third kappa shape index (κ3) is 3.46. The highest BCUT2D eigenvalue weighted by molar-refractivity contribution is 14.1. The quantitative estimate of drug-likeness (QED) is 0.297. The van der Waals surface area contributed by atoms with Gasteiger partial charge in [0, 0.05) is 0 Å². The van der Waals surface area contributed by atoms with Crippen molar-refractivity contribution >= 4 is 56.1 Å². The van der Waals surface area contributed by atoms with Crippen molar-refractivity contribution in [3.05, 3.63) is 86.0 Å². The lowest BCUT2D eigenvalue weighted by Crippen LogP contribution is -2.08. The van der Waals surface area contributed by atoms with Crippen molar-refractivity contribution in [2.45, 2.75) is 14.7 Å². The normalized spacial score (nSPS) is 10.8. The third-order valence-corrected chi connectivity index (χ3v) is 8.04. The molecule has 0 aliphatic heterocycles. The molecule has 0 nitrogen and oxygen atoms in total. The molecule has 0 saturated carbocycles. The van der Waals surface area contributed by atoms with Crippen LogP contribution < -0.4 is 0 Å². The summed E-state index contributed by atoms with van der Waals surface area (Å²) in [6.45, 7) is 0. The van der Waals surface area contributed by atoms with Crippen molar-refractivity contribution in [3.8, 4) is 0 Å². The average molecular weight is 515 g/mol. The summed E-state index contributed by atoms with van der Waals surface area (Å²) in [6.07, 6.45) is 0. The van der Waals surface area contributed by atoms with Crippen LogP contribution in [0.1, 0.15) is 0 Å². The number of rotatable bonds is 3. The summed E-state index contributed by atoms with van der Waals surface area (Å²) in [5.74, 6) is 0. The first kappa shape index (κ1) is 15.4. The summed E-state index contributed by atoms with van der Waals surface area (Å²) >= 11 is 4.89. The first-order valence-corrected chi connectivity index (χ1v) is 9.94. The maximum absolute atomic E-state index is 2.45. The van der Waals surface area contributed by atoms with Gasteiger partial charge in [-0.15, -0.1) is 0 Å². The van der Waals surface area contributed by atoms with Crippen LogP contribution in [0.25, 0.3) is 0 Å². The van der Waals surface area contributed by atoms with Crippen LogP contribution >= 0.6 is 45.2 Å². The SMILES string of the molecule is Ic1ccccc1[S+](c1ccccc1)c1ccccc1I. The predicted octanol–water partition coefficient (Wildman–Crippen LogP) is 5.99. The van der Waals surface area contributed by atoms with Crippen LogP contribution in [0.2, 0.25) is 0 Å². The highest BCUT2D eigenvalue weighted by atomic mass is 127. The predicted molar refractivity (Wildman–Crippen MR) is 107 cm³/mol. The van der Waals surface area contributed by atoms with Gasteiger partial charge < -0.3 is 0 Å². The van der Waals surface area contributed by atoms with E-state index in [1.54, 1.807) is 0 Å². The first-order chi connectivity index (χ1) is 10.3. The summed E-state index contributed by atoms with van der Waals surface area (Å²) in [7, 11) is -0.0528. The summed E-state index contributed by atoms with van der Waals surface area (Å²) < 4.78 is 2.64. The van der Waals surface area contributed by atoms with E-state index in [0.29, 0.717) is 0 Å². The van der Waals surface area contributed by atoms with Gasteiger partial charge in [0.05, 0.1) is 7.14 Å². The van der Waals surface area contributed by atoms with E-state index in [2.05, 4.69) is 124 Å². The molecule has 0 fully saturated rings. The Hall–Kier alpha value is -0.530. The Morgan fingerprint density at radius 1 is 0.524 bits per heavy atom. The van der Waals surface area contributed by atoms with Gasteiger partial charge >= 0.3 is 0 Å². The van der Waals surface area contributed by atoms with Crippen LogP contribution in [-0.2, 0) is 10.9 Å². The molecule has 0 bridgehead atoms. The van der Waals surface area contributed by atoms with Gasteiger partial charge in [0.25, 0.3) is 0 Å². The van der Waals surface area contributed by atoms with Crippen molar-refractivity contribution in [2.75, 3.05) is 0 Å². The zero-order chi connectivity index (χ0) is 14.7. The van der Waals surface area contributed by atoms with Crippen molar-refractivity contribution in [3.63, 3.8) is 0 Å². The summed E-state index contributed by atoms with van der Waals surface area (Å²) in [5, 5.41) is 0. The second-order valence-corrected chi connectivity index (χ2v) is 8.77. The number of hydrogen-bond donors (Lipinski definition) is 0. The molecular formula is C18H13I2S+. The number of hydrogen-bond acceptors (Lipinski definition) is 0. The minimum absolute atomic E-state index is 0.0528. The van der Waals surface area contributed by atoms with Crippen LogP contribution in [0.4, 0.5) is 0 Å². The maximum atomic E-state index is 2.45. The van der Waals surface area contributed by atoms with Gasteiger partial charge in [0.15, 0.2) is 14.7 Å². The van der Waals surface area contributed by atoms with Gasteiger partial charge in [-0.3, -0.25) is 0 Å². The second-order valence-electron chi connectivity index (χ2n) is 4.48. The van der Waals surface area contributed by atoms with Crippen molar-refractivity contribution in [2.24, 2.45) is 0 Å². The van der Waals surface area contributed by atoms with E-state index in [-0.39, 0.29) is 10.9 Å². The van der Waals surface area contributed by atoms with Crippen molar-refractivity contribution in [1.29, 1.82) is 0 Å². The zero-order valence-electron chi connectivity index (χ0n) is 11.2. The van der Waals surface area contributed by atoms with Gasteiger partial charge in [-0.25, -0.2) is 0 Å². The highest BCUT2D eigenvalue weighted by Crippen LogP contribution is 2.35. The molecule has 0 spiro atoms. The lowest BCUT2D eigenvalue weighted by molar-refractivity contribution is 1.28. The molecule has 0 aliphatic carbocycles. The molecule has 0 aliphatic rings. The fourth-order valence-corrected chi connectivity index (χ4v) is 6.37. The van der Waals surface area contributed by atoms with Crippen LogP contribution in [0, 0.1) is 7.14 Å². The molecule has 0 unspecified atom stereocenters. The molecule has 0 amide bonds. The molecule has 0 saturated heterocycles. The Kier molecular flexibility index (Phi) is 5.24. The van der Waals surface area contributed by atoms with E-state index in [1.807, 2.05) is 0 Å². The van der Waals surface area contributed by atoms with E-state index in [1.165, 1.54) is 21.8 Å². The van der Waals surface area contributed by atoms with E-state index in [9.17, 15) is 0 Å². The van der Waals surface area contributed by atoms with Crippen molar-refractivity contribution in [1.82, 2.24) is 0 Å². The smallest absolute Gasteiger partial charge is 0.0619 e. The molecule has 0 heterocycles. The molecule has 0 radical (unpaired) electrons.